The minimum Gasteiger partial charge on any atom is -0.383 e. The van der Waals surface area contributed by atoms with E-state index in [4.69, 9.17) is 0 Å². The first-order valence-corrected chi connectivity index (χ1v) is 4.38. The molecule has 0 atom stereocenters. The Kier molecular flexibility index (Phi) is 3.82. The maximum atomic E-state index is 12.2. The summed E-state index contributed by atoms with van der Waals surface area (Å²) in [5, 5.41) is 0. The number of nitrogens with zero attached hydrogens (tertiary/aromatic N) is 1. The molecule has 104 valence electrons. The zero-order chi connectivity index (χ0) is 14.8. The molecule has 1 aromatic rings. The fraction of sp³-hybridized carbons (Fsp3) is 0.222. The molecule has 0 radical (unpaired) electrons. The van der Waals surface area contributed by atoms with E-state index in [-0.39, 0.29) is 6.07 Å². The number of hydrogen-bond donors (Lipinski definition) is 0. The van der Waals surface area contributed by atoms with Crippen molar-refractivity contribution in [2.24, 2.45) is 0 Å². The van der Waals surface area contributed by atoms with Gasteiger partial charge in [-0.2, -0.15) is 26.3 Å². The third-order valence-electron chi connectivity index (χ3n) is 1.70. The lowest BCUT2D eigenvalue weighted by Gasteiger charge is -2.08. The number of carbonyl (C=O) groups excluding carboxylic acids is 2. The number of ether oxygens (including phenoxy) is 1. The van der Waals surface area contributed by atoms with Gasteiger partial charge in [-0.1, -0.05) is 0 Å². The van der Waals surface area contributed by atoms with Gasteiger partial charge in [-0.3, -0.25) is 4.98 Å². The van der Waals surface area contributed by atoms with Crippen LogP contribution in [0.15, 0.2) is 18.3 Å². The zero-order valence-corrected chi connectivity index (χ0v) is 8.67. The second kappa shape index (κ2) is 4.86. The average Bonchev–Trinajstić information content (AvgIpc) is 2.26. The fourth-order valence-corrected chi connectivity index (χ4v) is 0.914. The minimum absolute atomic E-state index is 0.173. The van der Waals surface area contributed by atoms with Crippen LogP contribution in [0.5, 0.6) is 0 Å². The first kappa shape index (κ1) is 14.9. The number of pyridine rings is 1. The molecule has 0 spiro atoms. The fourth-order valence-electron chi connectivity index (χ4n) is 0.914. The Morgan fingerprint density at radius 3 is 2.16 bits per heavy atom. The molecule has 0 aliphatic heterocycles. The Morgan fingerprint density at radius 1 is 1.11 bits per heavy atom. The van der Waals surface area contributed by atoms with Crippen molar-refractivity contribution >= 4 is 11.9 Å². The maximum absolute atomic E-state index is 12.2. The molecule has 0 saturated carbocycles. The van der Waals surface area contributed by atoms with Crippen molar-refractivity contribution in [3.8, 4) is 0 Å². The molecule has 0 bridgehead atoms. The first-order valence-electron chi connectivity index (χ1n) is 4.38. The highest BCUT2D eigenvalue weighted by Gasteiger charge is 2.42. The van der Waals surface area contributed by atoms with Gasteiger partial charge in [0.1, 0.15) is 5.69 Å². The number of hydrogen-bond acceptors (Lipinski definition) is 4. The number of carbonyl (C=O) groups is 2. The van der Waals surface area contributed by atoms with Crippen molar-refractivity contribution in [2.45, 2.75) is 12.4 Å². The molecule has 0 N–H and O–H groups in total. The second-order valence-electron chi connectivity index (χ2n) is 3.10. The van der Waals surface area contributed by atoms with Gasteiger partial charge in [-0.25, -0.2) is 9.59 Å². The van der Waals surface area contributed by atoms with E-state index < -0.39 is 35.5 Å². The molecular weight excluding hydrogens is 284 g/mol. The summed E-state index contributed by atoms with van der Waals surface area (Å²) in [6.07, 6.45) is -9.75. The normalized spacial score (nSPS) is 12.1. The molecular formula is C9H3F6NO3. The van der Waals surface area contributed by atoms with Gasteiger partial charge in [0.15, 0.2) is 0 Å². The van der Waals surface area contributed by atoms with Crippen LogP contribution in [0.3, 0.4) is 0 Å². The molecule has 0 aliphatic rings. The molecule has 4 nitrogen and oxygen atoms in total. The molecule has 0 unspecified atom stereocenters. The van der Waals surface area contributed by atoms with Gasteiger partial charge >= 0.3 is 24.3 Å². The summed E-state index contributed by atoms with van der Waals surface area (Å²) < 4.78 is 75.4. The van der Waals surface area contributed by atoms with Gasteiger partial charge in [0.25, 0.3) is 0 Å². The van der Waals surface area contributed by atoms with E-state index in [1.54, 1.807) is 0 Å². The van der Waals surface area contributed by atoms with Crippen molar-refractivity contribution < 1.29 is 40.7 Å². The zero-order valence-electron chi connectivity index (χ0n) is 8.67. The number of alkyl halides is 6. The molecule has 0 saturated heterocycles. The van der Waals surface area contributed by atoms with Gasteiger partial charge < -0.3 is 4.74 Å². The quantitative estimate of drug-likeness (QED) is 0.452. The van der Waals surface area contributed by atoms with Crippen LogP contribution >= 0.6 is 0 Å². The lowest BCUT2D eigenvalue weighted by molar-refractivity contribution is -0.193. The molecule has 1 heterocycles. The molecule has 1 aromatic heterocycles. The first-order chi connectivity index (χ1) is 8.51. The van der Waals surface area contributed by atoms with Crippen molar-refractivity contribution in [3.63, 3.8) is 0 Å². The summed E-state index contributed by atoms with van der Waals surface area (Å²) in [6.45, 7) is 0. The van der Waals surface area contributed by atoms with Gasteiger partial charge in [0.05, 0.1) is 5.56 Å². The van der Waals surface area contributed by atoms with E-state index in [1.807, 2.05) is 0 Å². The highest BCUT2D eigenvalue weighted by molar-refractivity contribution is 5.98. The predicted octanol–water partition coefficient (Wildman–Crippen LogP) is 2.35. The summed E-state index contributed by atoms with van der Waals surface area (Å²) >= 11 is 0. The topological polar surface area (TPSA) is 56.3 Å². The third kappa shape index (κ3) is 3.93. The molecule has 10 heteroatoms. The Hall–Kier alpha value is -2.13. The molecule has 1 rings (SSSR count). The summed E-state index contributed by atoms with van der Waals surface area (Å²) in [7, 11) is 0. The van der Waals surface area contributed by atoms with Crippen molar-refractivity contribution in [1.29, 1.82) is 0 Å². The SMILES string of the molecule is O=C(OC(=O)C(F)(F)F)c1ccnc(C(F)(F)F)c1. The second-order valence-corrected chi connectivity index (χ2v) is 3.10. The standard InChI is InChI=1S/C9H3F6NO3/c10-8(11,12)5-3-4(1-2-16-5)6(17)19-7(18)9(13,14)15/h1-3H. The largest absolute Gasteiger partial charge is 0.491 e. The van der Waals surface area contributed by atoms with E-state index >= 15 is 0 Å². The van der Waals surface area contributed by atoms with Crippen LogP contribution in [0.2, 0.25) is 0 Å². The average molecular weight is 287 g/mol. The van der Waals surface area contributed by atoms with Crippen molar-refractivity contribution in [1.82, 2.24) is 4.98 Å². The molecule has 0 fully saturated rings. The number of halogens is 6. The van der Waals surface area contributed by atoms with E-state index in [0.717, 1.165) is 0 Å². The van der Waals surface area contributed by atoms with Crippen molar-refractivity contribution in [2.75, 3.05) is 0 Å². The van der Waals surface area contributed by atoms with Gasteiger partial charge in [0.2, 0.25) is 0 Å². The number of esters is 2. The highest BCUT2D eigenvalue weighted by atomic mass is 19.4. The maximum Gasteiger partial charge on any atom is 0.491 e. The van der Waals surface area contributed by atoms with Crippen LogP contribution in [0, 0.1) is 0 Å². The summed E-state index contributed by atoms with van der Waals surface area (Å²) in [6, 6.07) is 0.854. The molecule has 0 amide bonds. The number of rotatable bonds is 1. The Morgan fingerprint density at radius 2 is 1.68 bits per heavy atom. The lowest BCUT2D eigenvalue weighted by atomic mass is 10.2. The predicted molar refractivity (Wildman–Crippen MR) is 45.7 cm³/mol. The van der Waals surface area contributed by atoms with Crippen LogP contribution in [0.25, 0.3) is 0 Å². The van der Waals surface area contributed by atoms with Crippen LogP contribution in [-0.4, -0.2) is 23.1 Å². The number of aromatic nitrogens is 1. The van der Waals surface area contributed by atoms with Crippen LogP contribution in [0.4, 0.5) is 26.3 Å². The Balaban J connectivity index is 2.93. The highest BCUT2D eigenvalue weighted by Crippen LogP contribution is 2.28. The molecule has 0 aliphatic carbocycles. The van der Waals surface area contributed by atoms with E-state index in [1.165, 1.54) is 0 Å². The minimum atomic E-state index is -5.42. The summed E-state index contributed by atoms with van der Waals surface area (Å²) in [5.41, 5.74) is -2.37. The van der Waals surface area contributed by atoms with Crippen molar-refractivity contribution in [3.05, 3.63) is 29.6 Å². The van der Waals surface area contributed by atoms with Crippen LogP contribution < -0.4 is 0 Å². The molecule has 19 heavy (non-hydrogen) atoms. The summed E-state index contributed by atoms with van der Waals surface area (Å²) in [4.78, 5) is 24.2. The smallest absolute Gasteiger partial charge is 0.383 e. The monoisotopic (exact) mass is 287 g/mol. The van der Waals surface area contributed by atoms with Gasteiger partial charge in [-0.15, -0.1) is 0 Å². The summed E-state index contributed by atoms with van der Waals surface area (Å²) in [5.74, 6) is -4.67. The van der Waals surface area contributed by atoms with Crippen LogP contribution in [0.1, 0.15) is 16.1 Å². The van der Waals surface area contributed by atoms with Gasteiger partial charge in [-0.05, 0) is 12.1 Å². The van der Waals surface area contributed by atoms with E-state index in [0.29, 0.717) is 12.3 Å². The Labute approximate surface area is 101 Å². The molecule has 0 aromatic carbocycles. The lowest BCUT2D eigenvalue weighted by Crippen LogP contribution is -2.28. The van der Waals surface area contributed by atoms with Gasteiger partial charge in [0, 0.05) is 6.20 Å². The Bertz CT molecular complexity index is 507. The third-order valence-corrected chi connectivity index (χ3v) is 1.70. The van der Waals surface area contributed by atoms with E-state index in [9.17, 15) is 35.9 Å². The van der Waals surface area contributed by atoms with Crippen LogP contribution in [-0.2, 0) is 15.7 Å². The van der Waals surface area contributed by atoms with E-state index in [2.05, 4.69) is 9.72 Å².